The molecule has 14 aromatic rings. The molecule has 6 heteroatoms. The summed E-state index contributed by atoms with van der Waals surface area (Å²) in [5, 5.41) is 6.55. The molecule has 0 aliphatic heterocycles. The molecule has 0 unspecified atom stereocenters. The van der Waals surface area contributed by atoms with E-state index in [1.165, 1.54) is 0 Å². The lowest BCUT2D eigenvalue weighted by atomic mass is 10.0. The Morgan fingerprint density at radius 3 is 0.681 bits per heavy atom. The highest BCUT2D eigenvalue weighted by molar-refractivity contribution is 5.95. The normalized spacial score (nSPS) is 11.6. The maximum atomic E-state index is 6.27. The molecule has 6 nitrogen and oxygen atoms in total. The van der Waals surface area contributed by atoms with Crippen LogP contribution >= 0.6 is 0 Å². The Hall–Kier alpha value is -9.78. The predicted octanol–water partition coefficient (Wildman–Crippen LogP) is 19.4. The Bertz CT molecular complexity index is 3630. The summed E-state index contributed by atoms with van der Waals surface area (Å²) in [6, 6.07) is 88.7. The number of furan rings is 4. The topological polar surface area (TPSA) is 59.0 Å². The Morgan fingerprint density at radius 1 is 0.194 bits per heavy atom. The van der Waals surface area contributed by atoms with Crippen LogP contribution in [0.25, 0.3) is 99.9 Å². The van der Waals surface area contributed by atoms with E-state index in [0.29, 0.717) is 0 Å². The van der Waals surface area contributed by atoms with E-state index in [9.17, 15) is 0 Å². The third-order valence-electron chi connectivity index (χ3n) is 13.7. The molecule has 0 spiro atoms. The van der Waals surface area contributed by atoms with Crippen molar-refractivity contribution in [2.75, 3.05) is 9.80 Å². The molecule has 0 saturated heterocycles. The second kappa shape index (κ2) is 17.0. The zero-order valence-electron chi connectivity index (χ0n) is 38.8. The number of hydrogen-bond acceptors (Lipinski definition) is 6. The lowest BCUT2D eigenvalue weighted by molar-refractivity contribution is 0.631. The Labute approximate surface area is 414 Å². The number of rotatable bonds is 10. The van der Waals surface area contributed by atoms with Crippen molar-refractivity contribution in [3.05, 3.63) is 255 Å². The zero-order chi connectivity index (χ0) is 47.5. The fourth-order valence-electron chi connectivity index (χ4n) is 9.99. The molecule has 0 radical (unpaired) electrons. The van der Waals surface area contributed by atoms with Gasteiger partial charge in [0.25, 0.3) is 0 Å². The van der Waals surface area contributed by atoms with Gasteiger partial charge in [0.2, 0.25) is 0 Å². The van der Waals surface area contributed by atoms with E-state index >= 15 is 0 Å². The van der Waals surface area contributed by atoms with Crippen molar-refractivity contribution in [1.29, 1.82) is 0 Å². The smallest absolute Gasteiger partial charge is 0.135 e. The highest BCUT2D eigenvalue weighted by Crippen LogP contribution is 2.43. The van der Waals surface area contributed by atoms with Crippen LogP contribution in [0.2, 0.25) is 0 Å². The third kappa shape index (κ3) is 7.46. The lowest BCUT2D eigenvalue weighted by Gasteiger charge is -2.27. The summed E-state index contributed by atoms with van der Waals surface area (Å²) >= 11 is 0. The van der Waals surface area contributed by atoms with Gasteiger partial charge in [0.1, 0.15) is 45.4 Å². The van der Waals surface area contributed by atoms with Gasteiger partial charge < -0.3 is 27.5 Å². The van der Waals surface area contributed by atoms with E-state index in [-0.39, 0.29) is 0 Å². The van der Waals surface area contributed by atoms with E-state index < -0.39 is 0 Å². The van der Waals surface area contributed by atoms with Crippen LogP contribution in [0.5, 0.6) is 0 Å². The van der Waals surface area contributed by atoms with Crippen molar-refractivity contribution in [1.82, 2.24) is 0 Å². The summed E-state index contributed by atoms with van der Waals surface area (Å²) in [5.74, 6) is 3.35. The molecule has 4 heterocycles. The summed E-state index contributed by atoms with van der Waals surface area (Å²) in [7, 11) is 0. The van der Waals surface area contributed by atoms with Crippen LogP contribution in [0, 0.1) is 0 Å². The highest BCUT2D eigenvalue weighted by Gasteiger charge is 2.19. The molecule has 0 aliphatic carbocycles. The molecule has 0 bridgehead atoms. The van der Waals surface area contributed by atoms with E-state index in [4.69, 9.17) is 17.7 Å². The predicted molar refractivity (Wildman–Crippen MR) is 294 cm³/mol. The summed E-state index contributed by atoms with van der Waals surface area (Å²) in [6.45, 7) is 0. The monoisotopic (exact) mass is 926 g/mol. The minimum absolute atomic E-state index is 0.837. The lowest BCUT2D eigenvalue weighted by Crippen LogP contribution is -2.10. The molecule has 340 valence electrons. The average molecular weight is 927 g/mol. The van der Waals surface area contributed by atoms with Crippen LogP contribution in [0.15, 0.2) is 272 Å². The first-order valence-electron chi connectivity index (χ1n) is 24.1. The molecule has 0 saturated carbocycles. The first kappa shape index (κ1) is 41.2. The van der Waals surface area contributed by atoms with Gasteiger partial charge in [-0.1, -0.05) is 84.9 Å². The molecule has 14 rings (SSSR count). The molecule has 0 atom stereocenters. The van der Waals surface area contributed by atoms with Gasteiger partial charge >= 0.3 is 0 Å². The molecule has 4 aromatic heterocycles. The maximum Gasteiger partial charge on any atom is 0.135 e. The van der Waals surface area contributed by atoms with Crippen LogP contribution in [0.4, 0.5) is 34.1 Å². The SMILES string of the molecule is c1ccc2oc(-c3ccc(N(c4ccc(-c5cc6ccccc6o5)cc4)c4ccc5cc(N(c6ccc(-c7cc8ccccc8o7)cc6)c6ccc(-c7cc8ccccc8o7)cc6)ccc5c4)cc3)cc2c1. The van der Waals surface area contributed by atoms with E-state index in [2.05, 4.69) is 192 Å². The molecule has 0 amide bonds. The fraction of sp³-hybridized carbons (Fsp3) is 0. The summed E-state index contributed by atoms with van der Waals surface area (Å²) < 4.78 is 25.1. The molecule has 0 aliphatic rings. The van der Waals surface area contributed by atoms with Gasteiger partial charge in [-0.05, 0) is 181 Å². The van der Waals surface area contributed by atoms with Crippen molar-refractivity contribution in [2.24, 2.45) is 0 Å². The Morgan fingerprint density at radius 2 is 0.431 bits per heavy atom. The van der Waals surface area contributed by atoms with Gasteiger partial charge in [-0.15, -0.1) is 0 Å². The number of benzene rings is 10. The van der Waals surface area contributed by atoms with E-state index in [1.807, 2.05) is 72.8 Å². The van der Waals surface area contributed by atoms with Gasteiger partial charge in [-0.3, -0.25) is 0 Å². The highest BCUT2D eigenvalue weighted by atomic mass is 16.3. The first-order valence-corrected chi connectivity index (χ1v) is 24.1. The van der Waals surface area contributed by atoms with Crippen molar-refractivity contribution >= 4 is 88.8 Å². The summed E-state index contributed by atoms with van der Waals surface area (Å²) in [5.41, 5.74) is 13.7. The molecule has 10 aromatic carbocycles. The van der Waals surface area contributed by atoms with Gasteiger partial charge in [0, 0.05) is 77.9 Å². The van der Waals surface area contributed by atoms with Crippen molar-refractivity contribution in [3.63, 3.8) is 0 Å². The summed E-state index contributed by atoms with van der Waals surface area (Å²) in [4.78, 5) is 4.61. The van der Waals surface area contributed by atoms with Crippen LogP contribution in [0.1, 0.15) is 0 Å². The van der Waals surface area contributed by atoms with Crippen molar-refractivity contribution in [3.8, 4) is 45.3 Å². The van der Waals surface area contributed by atoms with Gasteiger partial charge in [0.15, 0.2) is 0 Å². The second-order valence-electron chi connectivity index (χ2n) is 18.2. The minimum atomic E-state index is 0.837. The molecule has 72 heavy (non-hydrogen) atoms. The molecule has 0 N–H and O–H groups in total. The first-order chi connectivity index (χ1) is 35.6. The number of para-hydroxylation sites is 4. The Kier molecular flexibility index (Phi) is 9.74. The van der Waals surface area contributed by atoms with Crippen molar-refractivity contribution < 1.29 is 17.7 Å². The maximum absolute atomic E-state index is 6.27. The third-order valence-corrected chi connectivity index (χ3v) is 13.7. The summed E-state index contributed by atoms with van der Waals surface area (Å²) in [6.07, 6.45) is 0. The van der Waals surface area contributed by atoms with Crippen LogP contribution in [-0.4, -0.2) is 0 Å². The molecule has 0 fully saturated rings. The van der Waals surface area contributed by atoms with Gasteiger partial charge in [0.05, 0.1) is 0 Å². The fourth-order valence-corrected chi connectivity index (χ4v) is 9.99. The number of anilines is 6. The van der Waals surface area contributed by atoms with Crippen LogP contribution < -0.4 is 9.80 Å². The zero-order valence-corrected chi connectivity index (χ0v) is 38.8. The number of hydrogen-bond donors (Lipinski definition) is 0. The second-order valence-corrected chi connectivity index (χ2v) is 18.2. The van der Waals surface area contributed by atoms with Crippen LogP contribution in [-0.2, 0) is 0 Å². The minimum Gasteiger partial charge on any atom is -0.456 e. The van der Waals surface area contributed by atoms with Crippen LogP contribution in [0.3, 0.4) is 0 Å². The van der Waals surface area contributed by atoms with E-state index in [0.717, 1.165) is 134 Å². The molecular weight excluding hydrogens is 885 g/mol. The standard InChI is InChI=1S/C66H42N2O4/c1-5-13-59-49(9-1)39-63(69-59)43-17-27-53(28-18-43)67(54-29-19-44(20-30-54)64-40-50-10-2-6-14-60(50)70-64)57-35-25-48-38-58(36-26-47(48)37-57)68(55-31-21-45(22-32-55)65-41-51-11-3-7-15-61(51)71-65)56-33-23-46(24-34-56)66-42-52-12-4-8-16-62(52)72-66/h1-42H. The Balaban J connectivity index is 0.835. The average Bonchev–Trinajstić information content (AvgIpc) is 4.27. The molecular formula is C66H42N2O4. The van der Waals surface area contributed by atoms with Crippen molar-refractivity contribution in [2.45, 2.75) is 0 Å². The largest absolute Gasteiger partial charge is 0.456 e. The number of nitrogens with zero attached hydrogens (tertiary/aromatic N) is 2. The van der Waals surface area contributed by atoms with Gasteiger partial charge in [-0.2, -0.15) is 0 Å². The van der Waals surface area contributed by atoms with E-state index in [1.54, 1.807) is 0 Å². The quantitative estimate of drug-likeness (QED) is 0.136. The number of fused-ring (bicyclic) bond motifs is 5. The van der Waals surface area contributed by atoms with Gasteiger partial charge in [-0.25, -0.2) is 0 Å².